The van der Waals surface area contributed by atoms with Gasteiger partial charge in [0, 0.05) is 6.42 Å². The van der Waals surface area contributed by atoms with Gasteiger partial charge in [-0.3, -0.25) is 19.2 Å². The van der Waals surface area contributed by atoms with Crippen molar-refractivity contribution in [3.63, 3.8) is 0 Å². The van der Waals surface area contributed by atoms with Crippen molar-refractivity contribution in [1.29, 1.82) is 0 Å². The van der Waals surface area contributed by atoms with E-state index in [2.05, 4.69) is 16.0 Å². The lowest BCUT2D eigenvalue weighted by Crippen LogP contribution is -2.58. The van der Waals surface area contributed by atoms with E-state index >= 15 is 0 Å². The summed E-state index contributed by atoms with van der Waals surface area (Å²) >= 11 is 0. The predicted octanol–water partition coefficient (Wildman–Crippen LogP) is -0.621. The predicted molar refractivity (Wildman–Crippen MR) is 131 cm³/mol. The number of amides is 4. The summed E-state index contributed by atoms with van der Waals surface area (Å²) in [4.78, 5) is 61.6. The molecule has 0 aromatic heterocycles. The van der Waals surface area contributed by atoms with Gasteiger partial charge in [0.2, 0.25) is 23.6 Å². The number of phenols is 1. The summed E-state index contributed by atoms with van der Waals surface area (Å²) in [6.07, 6.45) is -0.417. The number of primary amides is 1. The zero-order chi connectivity index (χ0) is 27.6. The highest BCUT2D eigenvalue weighted by Gasteiger charge is 2.32. The maximum Gasteiger partial charge on any atom is 0.326 e. The molecule has 1 rings (SSSR count). The molecule has 0 aliphatic heterocycles. The van der Waals surface area contributed by atoms with Crippen molar-refractivity contribution in [3.8, 4) is 5.75 Å². The average molecular weight is 508 g/mol. The first-order valence-corrected chi connectivity index (χ1v) is 11.7. The summed E-state index contributed by atoms with van der Waals surface area (Å²) in [6.45, 7) is 7.05. The summed E-state index contributed by atoms with van der Waals surface area (Å²) < 4.78 is 0. The molecule has 4 amide bonds. The molecule has 0 saturated heterocycles. The minimum absolute atomic E-state index is 0.0151. The number of nitrogens with two attached hydrogens (primary N) is 2. The highest BCUT2D eigenvalue weighted by Crippen LogP contribution is 2.12. The lowest BCUT2D eigenvalue weighted by molar-refractivity contribution is -0.142. The zero-order valence-electron chi connectivity index (χ0n) is 21.0. The van der Waals surface area contributed by atoms with Crippen molar-refractivity contribution in [2.24, 2.45) is 23.3 Å². The van der Waals surface area contributed by atoms with Gasteiger partial charge in [-0.05, 0) is 36.0 Å². The van der Waals surface area contributed by atoms with Crippen LogP contribution >= 0.6 is 0 Å². The van der Waals surface area contributed by atoms with E-state index in [1.54, 1.807) is 13.8 Å². The van der Waals surface area contributed by atoms with Gasteiger partial charge in [0.25, 0.3) is 0 Å². The van der Waals surface area contributed by atoms with Crippen molar-refractivity contribution >= 4 is 29.6 Å². The molecule has 0 aliphatic carbocycles. The monoisotopic (exact) mass is 507 g/mol. The van der Waals surface area contributed by atoms with Crippen LogP contribution in [0.4, 0.5) is 0 Å². The van der Waals surface area contributed by atoms with Crippen LogP contribution in [-0.4, -0.2) is 64.0 Å². The number of hydrogen-bond acceptors (Lipinski definition) is 7. The van der Waals surface area contributed by atoms with Crippen molar-refractivity contribution < 1.29 is 34.2 Å². The fourth-order valence-electron chi connectivity index (χ4n) is 3.30. The molecule has 12 heteroatoms. The molecule has 0 aliphatic rings. The maximum atomic E-state index is 13.0. The summed E-state index contributed by atoms with van der Waals surface area (Å²) in [5, 5.41) is 26.3. The quantitative estimate of drug-likeness (QED) is 0.172. The summed E-state index contributed by atoms with van der Waals surface area (Å²) in [6, 6.07) is 1.11. The first kappa shape index (κ1) is 30.4. The van der Waals surface area contributed by atoms with Crippen molar-refractivity contribution in [2.45, 2.75) is 71.1 Å². The van der Waals surface area contributed by atoms with E-state index in [1.165, 1.54) is 24.3 Å². The van der Waals surface area contributed by atoms with Crippen LogP contribution in [0.15, 0.2) is 24.3 Å². The van der Waals surface area contributed by atoms with Crippen LogP contribution < -0.4 is 27.4 Å². The number of nitrogens with one attached hydrogen (secondary N) is 3. The number of aliphatic carboxylic acids is 1. The summed E-state index contributed by atoms with van der Waals surface area (Å²) in [5.74, 6) is -4.65. The second kappa shape index (κ2) is 14.0. The Bertz CT molecular complexity index is 933. The summed E-state index contributed by atoms with van der Waals surface area (Å²) in [7, 11) is 0. The van der Waals surface area contributed by atoms with Gasteiger partial charge in [-0.25, -0.2) is 4.79 Å². The number of benzene rings is 1. The van der Waals surface area contributed by atoms with Crippen LogP contribution in [0.2, 0.25) is 0 Å². The molecule has 36 heavy (non-hydrogen) atoms. The Hall–Kier alpha value is -3.67. The van der Waals surface area contributed by atoms with Crippen LogP contribution in [-0.2, 0) is 30.4 Å². The Morgan fingerprint density at radius 2 is 1.33 bits per heavy atom. The molecule has 1 aromatic rings. The lowest BCUT2D eigenvalue weighted by Gasteiger charge is -2.26. The third kappa shape index (κ3) is 10.3. The normalized spacial score (nSPS) is 14.4. The van der Waals surface area contributed by atoms with Crippen LogP contribution in [0.25, 0.3) is 0 Å². The molecule has 0 spiro atoms. The van der Waals surface area contributed by atoms with Gasteiger partial charge in [-0.1, -0.05) is 39.8 Å². The number of carboxylic acid groups (broad SMARTS) is 1. The van der Waals surface area contributed by atoms with Crippen LogP contribution in [0, 0.1) is 11.8 Å². The smallest absolute Gasteiger partial charge is 0.326 e. The molecule has 0 fully saturated rings. The van der Waals surface area contributed by atoms with Crippen LogP contribution in [0.1, 0.15) is 46.1 Å². The van der Waals surface area contributed by atoms with E-state index in [0.29, 0.717) is 5.56 Å². The maximum absolute atomic E-state index is 13.0. The first-order valence-electron chi connectivity index (χ1n) is 11.7. The Morgan fingerprint density at radius 1 is 0.833 bits per heavy atom. The Balaban J connectivity index is 3.03. The number of hydrogen-bond donors (Lipinski definition) is 7. The van der Waals surface area contributed by atoms with Crippen LogP contribution in [0.3, 0.4) is 0 Å². The SMILES string of the molecule is CC(C)CC(NC(=O)C(CC(N)=O)NC(=O)C(N)C(C)C)C(=O)NC(Cc1ccc(O)cc1)C(=O)O. The minimum Gasteiger partial charge on any atom is -0.508 e. The third-order valence-corrected chi connectivity index (χ3v) is 5.39. The van der Waals surface area contributed by atoms with Crippen molar-refractivity contribution in [3.05, 3.63) is 29.8 Å². The molecule has 0 radical (unpaired) electrons. The van der Waals surface area contributed by atoms with E-state index in [1.807, 2.05) is 13.8 Å². The molecule has 0 heterocycles. The van der Waals surface area contributed by atoms with Crippen molar-refractivity contribution in [2.75, 3.05) is 0 Å². The van der Waals surface area contributed by atoms with Gasteiger partial charge in [0.05, 0.1) is 12.5 Å². The second-order valence-electron chi connectivity index (χ2n) is 9.46. The highest BCUT2D eigenvalue weighted by molar-refractivity contribution is 5.96. The van der Waals surface area contributed by atoms with E-state index in [4.69, 9.17) is 11.5 Å². The fourth-order valence-corrected chi connectivity index (χ4v) is 3.30. The van der Waals surface area contributed by atoms with Gasteiger partial charge in [-0.15, -0.1) is 0 Å². The van der Waals surface area contributed by atoms with Gasteiger partial charge in [0.15, 0.2) is 0 Å². The van der Waals surface area contributed by atoms with Crippen molar-refractivity contribution in [1.82, 2.24) is 16.0 Å². The lowest BCUT2D eigenvalue weighted by atomic mass is 10.0. The molecule has 0 bridgehead atoms. The average Bonchev–Trinajstić information content (AvgIpc) is 2.77. The molecule has 200 valence electrons. The number of phenolic OH excluding ortho intramolecular Hbond substituents is 1. The molecular weight excluding hydrogens is 470 g/mol. The molecule has 12 nitrogen and oxygen atoms in total. The summed E-state index contributed by atoms with van der Waals surface area (Å²) in [5.41, 5.74) is 11.6. The van der Waals surface area contributed by atoms with Gasteiger partial charge < -0.3 is 37.6 Å². The fraction of sp³-hybridized carbons (Fsp3) is 0.542. The number of carbonyl (C=O) groups is 5. The zero-order valence-corrected chi connectivity index (χ0v) is 21.0. The number of carboxylic acids is 1. The molecular formula is C24H37N5O7. The number of carbonyl (C=O) groups excluding carboxylic acids is 4. The molecule has 4 atom stereocenters. The Labute approximate surface area is 210 Å². The number of aromatic hydroxyl groups is 1. The largest absolute Gasteiger partial charge is 0.508 e. The Kier molecular flexibility index (Phi) is 11.8. The van der Waals surface area contributed by atoms with Gasteiger partial charge in [0.1, 0.15) is 23.9 Å². The molecule has 4 unspecified atom stereocenters. The Morgan fingerprint density at radius 3 is 1.81 bits per heavy atom. The first-order chi connectivity index (χ1) is 16.7. The third-order valence-electron chi connectivity index (χ3n) is 5.39. The standard InChI is InChI=1S/C24H37N5O7/c1-12(2)9-16(21(32)29-18(24(35)36)10-14-5-7-15(30)8-6-14)27-22(33)17(11-19(25)31)28-23(34)20(26)13(3)4/h5-8,12-13,16-18,20,30H,9-11,26H2,1-4H3,(H2,25,31)(H,27,33)(H,28,34)(H,29,32)(H,35,36). The molecule has 1 aromatic carbocycles. The van der Waals surface area contributed by atoms with E-state index in [0.717, 1.165) is 0 Å². The number of rotatable bonds is 14. The molecule has 9 N–H and O–H groups in total. The highest BCUT2D eigenvalue weighted by atomic mass is 16.4. The van der Waals surface area contributed by atoms with E-state index in [9.17, 15) is 34.2 Å². The van der Waals surface area contributed by atoms with Gasteiger partial charge >= 0.3 is 5.97 Å². The van der Waals surface area contributed by atoms with E-state index in [-0.39, 0.29) is 30.4 Å². The van der Waals surface area contributed by atoms with Gasteiger partial charge in [-0.2, -0.15) is 0 Å². The van der Waals surface area contributed by atoms with Crippen LogP contribution in [0.5, 0.6) is 5.75 Å². The second-order valence-corrected chi connectivity index (χ2v) is 9.46. The van der Waals surface area contributed by atoms with E-state index < -0.39 is 60.2 Å². The minimum atomic E-state index is -1.37. The topological polar surface area (TPSA) is 214 Å². The molecule has 0 saturated carbocycles.